The van der Waals surface area contributed by atoms with Gasteiger partial charge >= 0.3 is 6.18 Å². The minimum atomic E-state index is -4.53. The molecule has 3 aromatic rings. The number of rotatable bonds is 3. The van der Waals surface area contributed by atoms with Crippen LogP contribution in [0.3, 0.4) is 0 Å². The first-order chi connectivity index (χ1) is 10.8. The summed E-state index contributed by atoms with van der Waals surface area (Å²) in [6, 6.07) is 8.12. The van der Waals surface area contributed by atoms with Gasteiger partial charge < -0.3 is 5.32 Å². The van der Waals surface area contributed by atoms with Crippen molar-refractivity contribution in [2.24, 2.45) is 7.05 Å². The highest BCUT2D eigenvalue weighted by atomic mass is 19.4. The van der Waals surface area contributed by atoms with E-state index in [0.717, 1.165) is 27.8 Å². The Kier molecular flexibility index (Phi) is 3.55. The molecule has 0 aliphatic carbocycles. The fraction of sp³-hybridized carbons (Fsp3) is 0.214. The Morgan fingerprint density at radius 3 is 2.65 bits per heavy atom. The van der Waals surface area contributed by atoms with Crippen LogP contribution in [0.25, 0.3) is 10.9 Å². The second kappa shape index (κ2) is 5.41. The first-order valence-corrected chi connectivity index (χ1v) is 6.67. The van der Waals surface area contributed by atoms with Gasteiger partial charge in [-0.05, 0) is 18.2 Å². The van der Waals surface area contributed by atoms with E-state index in [1.807, 2.05) is 18.2 Å². The molecule has 1 N–H and O–H groups in total. The number of nitrogens with one attached hydrogen (secondary N) is 1. The first-order valence-electron chi connectivity index (χ1n) is 6.67. The fourth-order valence-corrected chi connectivity index (χ4v) is 2.23. The summed E-state index contributed by atoms with van der Waals surface area (Å²) in [4.78, 5) is 12.0. The van der Waals surface area contributed by atoms with E-state index in [0.29, 0.717) is 5.82 Å². The van der Waals surface area contributed by atoms with Crippen LogP contribution in [0.2, 0.25) is 0 Å². The van der Waals surface area contributed by atoms with Crippen molar-refractivity contribution in [3.63, 3.8) is 0 Å². The highest BCUT2D eigenvalue weighted by Crippen LogP contribution is 2.27. The number of carbonyl (C=O) groups is 1. The third-order valence-electron chi connectivity index (χ3n) is 3.25. The van der Waals surface area contributed by atoms with E-state index in [9.17, 15) is 18.0 Å². The number of alkyl halides is 3. The summed E-state index contributed by atoms with van der Waals surface area (Å²) in [5, 5.41) is 10.9. The predicted molar refractivity (Wildman–Crippen MR) is 76.6 cm³/mol. The number of carbonyl (C=O) groups excluding carboxylic acids is 1. The second-order valence-corrected chi connectivity index (χ2v) is 4.93. The van der Waals surface area contributed by atoms with Crippen LogP contribution >= 0.6 is 0 Å². The van der Waals surface area contributed by atoms with Crippen molar-refractivity contribution < 1.29 is 18.0 Å². The molecule has 0 atom stereocenters. The SMILES string of the molecule is Cn1nc(NC(=O)Cn2ccc(C(F)(F)F)n2)c2ccccc21. The van der Waals surface area contributed by atoms with Gasteiger partial charge in [0.25, 0.3) is 0 Å². The third-order valence-corrected chi connectivity index (χ3v) is 3.25. The van der Waals surface area contributed by atoms with Gasteiger partial charge in [0.05, 0.1) is 5.52 Å². The zero-order valence-electron chi connectivity index (χ0n) is 12.0. The van der Waals surface area contributed by atoms with Gasteiger partial charge in [0.15, 0.2) is 11.5 Å². The van der Waals surface area contributed by atoms with E-state index in [1.54, 1.807) is 17.8 Å². The Morgan fingerprint density at radius 1 is 1.22 bits per heavy atom. The van der Waals surface area contributed by atoms with Crippen LogP contribution in [0, 0.1) is 0 Å². The van der Waals surface area contributed by atoms with E-state index in [4.69, 9.17) is 0 Å². The maximum absolute atomic E-state index is 12.5. The lowest BCUT2D eigenvalue weighted by Gasteiger charge is -2.04. The fourth-order valence-electron chi connectivity index (χ4n) is 2.23. The maximum atomic E-state index is 12.5. The average Bonchev–Trinajstić information content (AvgIpc) is 3.05. The maximum Gasteiger partial charge on any atom is 0.435 e. The highest BCUT2D eigenvalue weighted by molar-refractivity contribution is 5.99. The predicted octanol–water partition coefficient (Wildman–Crippen LogP) is 2.43. The molecule has 9 heteroatoms. The van der Waals surface area contributed by atoms with Crippen molar-refractivity contribution in [2.45, 2.75) is 12.7 Å². The van der Waals surface area contributed by atoms with Crippen LogP contribution in [0.4, 0.5) is 19.0 Å². The normalized spacial score (nSPS) is 11.8. The van der Waals surface area contributed by atoms with E-state index < -0.39 is 17.8 Å². The number of aromatic nitrogens is 4. The smallest absolute Gasteiger partial charge is 0.307 e. The molecular weight excluding hydrogens is 311 g/mol. The van der Waals surface area contributed by atoms with E-state index in [2.05, 4.69) is 15.5 Å². The molecule has 2 aromatic heterocycles. The molecule has 0 bridgehead atoms. The summed E-state index contributed by atoms with van der Waals surface area (Å²) >= 11 is 0. The summed E-state index contributed by atoms with van der Waals surface area (Å²) < 4.78 is 40.0. The van der Waals surface area contributed by atoms with Crippen LogP contribution in [-0.2, 0) is 24.6 Å². The molecule has 0 saturated carbocycles. The molecule has 23 heavy (non-hydrogen) atoms. The van der Waals surface area contributed by atoms with Gasteiger partial charge in [-0.3, -0.25) is 14.2 Å². The van der Waals surface area contributed by atoms with Crippen LogP contribution in [-0.4, -0.2) is 25.5 Å². The largest absolute Gasteiger partial charge is 0.435 e. The van der Waals surface area contributed by atoms with Crippen LogP contribution in [0.15, 0.2) is 36.5 Å². The molecular formula is C14H12F3N5O. The van der Waals surface area contributed by atoms with E-state index >= 15 is 0 Å². The summed E-state index contributed by atoms with van der Waals surface area (Å²) in [7, 11) is 1.74. The quantitative estimate of drug-likeness (QED) is 0.805. The lowest BCUT2D eigenvalue weighted by atomic mass is 10.2. The summed E-state index contributed by atoms with van der Waals surface area (Å²) in [5.74, 6) is -0.151. The number of hydrogen-bond donors (Lipinski definition) is 1. The number of nitrogens with zero attached hydrogens (tertiary/aromatic N) is 4. The van der Waals surface area contributed by atoms with Gasteiger partial charge in [-0.1, -0.05) is 12.1 Å². The van der Waals surface area contributed by atoms with Crippen LogP contribution in [0.5, 0.6) is 0 Å². The molecule has 120 valence electrons. The standard InChI is InChI=1S/C14H12F3N5O/c1-21-10-5-3-2-4-9(10)13(20-21)18-12(23)8-22-7-6-11(19-22)14(15,16)17/h2-7H,8H2,1H3,(H,18,20,23). The molecule has 0 radical (unpaired) electrons. The molecule has 1 aromatic carbocycles. The lowest BCUT2D eigenvalue weighted by Crippen LogP contribution is -2.20. The number of para-hydroxylation sites is 1. The van der Waals surface area contributed by atoms with Gasteiger partial charge in [-0.25, -0.2) is 0 Å². The van der Waals surface area contributed by atoms with Gasteiger partial charge in [-0.15, -0.1) is 0 Å². The molecule has 2 heterocycles. The summed E-state index contributed by atoms with van der Waals surface area (Å²) in [5.41, 5.74) is -0.199. The number of benzene rings is 1. The Hall–Kier alpha value is -2.84. The Labute approximate surface area is 128 Å². The number of hydrogen-bond acceptors (Lipinski definition) is 3. The van der Waals surface area contributed by atoms with Gasteiger partial charge in [0.1, 0.15) is 6.54 Å². The molecule has 1 amide bonds. The van der Waals surface area contributed by atoms with Crippen molar-refractivity contribution in [1.82, 2.24) is 19.6 Å². The molecule has 0 spiro atoms. The number of aryl methyl sites for hydroxylation is 1. The molecule has 0 unspecified atom stereocenters. The van der Waals surface area contributed by atoms with Gasteiger partial charge in [0, 0.05) is 18.6 Å². The number of fused-ring (bicyclic) bond motifs is 1. The Bertz CT molecular complexity index is 865. The molecule has 0 aliphatic rings. The molecule has 6 nitrogen and oxygen atoms in total. The summed E-state index contributed by atoms with van der Waals surface area (Å²) in [6.45, 7) is -0.332. The highest BCUT2D eigenvalue weighted by Gasteiger charge is 2.33. The van der Waals surface area contributed by atoms with E-state index in [1.165, 1.54) is 0 Å². The van der Waals surface area contributed by atoms with Crippen molar-refractivity contribution in [1.29, 1.82) is 0 Å². The monoisotopic (exact) mass is 323 g/mol. The molecule has 0 aliphatic heterocycles. The zero-order valence-corrected chi connectivity index (χ0v) is 12.0. The number of amides is 1. The Balaban J connectivity index is 1.75. The van der Waals surface area contributed by atoms with Crippen molar-refractivity contribution in [2.75, 3.05) is 5.32 Å². The molecule has 0 fully saturated rings. The third kappa shape index (κ3) is 3.03. The first kappa shape index (κ1) is 15.1. The van der Waals surface area contributed by atoms with Crippen molar-refractivity contribution in [3.8, 4) is 0 Å². The van der Waals surface area contributed by atoms with Crippen LogP contribution < -0.4 is 5.32 Å². The minimum absolute atomic E-state index is 0.332. The number of halogens is 3. The lowest BCUT2D eigenvalue weighted by molar-refractivity contribution is -0.141. The summed E-state index contributed by atoms with van der Waals surface area (Å²) in [6.07, 6.45) is -3.42. The van der Waals surface area contributed by atoms with E-state index in [-0.39, 0.29) is 6.54 Å². The van der Waals surface area contributed by atoms with Crippen molar-refractivity contribution in [3.05, 3.63) is 42.2 Å². The average molecular weight is 323 g/mol. The topological polar surface area (TPSA) is 64.7 Å². The molecule has 0 saturated heterocycles. The number of anilines is 1. The molecule has 3 rings (SSSR count). The zero-order chi connectivity index (χ0) is 16.6. The minimum Gasteiger partial charge on any atom is -0.307 e. The van der Waals surface area contributed by atoms with Gasteiger partial charge in [0.2, 0.25) is 5.91 Å². The van der Waals surface area contributed by atoms with Gasteiger partial charge in [-0.2, -0.15) is 23.4 Å². The Morgan fingerprint density at radius 2 is 1.96 bits per heavy atom. The van der Waals surface area contributed by atoms with Crippen LogP contribution in [0.1, 0.15) is 5.69 Å². The van der Waals surface area contributed by atoms with Crippen molar-refractivity contribution >= 4 is 22.6 Å². The second-order valence-electron chi connectivity index (χ2n) is 4.93.